The number of carbonyl (C=O) groups is 2. The maximum absolute atomic E-state index is 13.5. The van der Waals surface area contributed by atoms with E-state index >= 15 is 0 Å². The number of hydrazone groups is 1. The molecule has 11 heteroatoms. The van der Waals surface area contributed by atoms with E-state index in [1.807, 2.05) is 37.3 Å². The first-order chi connectivity index (χ1) is 20.8. The van der Waals surface area contributed by atoms with Crippen LogP contribution in [0, 0.1) is 0 Å². The summed E-state index contributed by atoms with van der Waals surface area (Å²) in [4.78, 5) is 24.9. The minimum Gasteiger partial charge on any atom is -0.494 e. The van der Waals surface area contributed by atoms with Crippen molar-refractivity contribution in [3.8, 4) is 11.5 Å². The molecule has 2 N–H and O–H groups in total. The Morgan fingerprint density at radius 3 is 2.05 bits per heavy atom. The molecule has 4 aromatic rings. The average molecular weight is 601 g/mol. The van der Waals surface area contributed by atoms with E-state index in [0.29, 0.717) is 35.9 Å². The van der Waals surface area contributed by atoms with Gasteiger partial charge in [0.2, 0.25) is 0 Å². The number of para-hydroxylation sites is 1. The van der Waals surface area contributed by atoms with Crippen LogP contribution < -0.4 is 24.5 Å². The second-order valence-corrected chi connectivity index (χ2v) is 11.0. The van der Waals surface area contributed by atoms with Crippen LogP contribution in [0.3, 0.4) is 0 Å². The molecule has 4 rings (SSSR count). The third-order valence-corrected chi connectivity index (χ3v) is 7.83. The molecule has 0 bridgehead atoms. The predicted molar refractivity (Wildman–Crippen MR) is 165 cm³/mol. The van der Waals surface area contributed by atoms with Gasteiger partial charge in [0.1, 0.15) is 18.0 Å². The normalized spacial score (nSPS) is 11.1. The maximum Gasteiger partial charge on any atom is 0.264 e. The summed E-state index contributed by atoms with van der Waals surface area (Å²) in [6.45, 7) is 2.09. The molecule has 0 aliphatic carbocycles. The van der Waals surface area contributed by atoms with Crippen molar-refractivity contribution in [2.75, 3.05) is 24.1 Å². The summed E-state index contributed by atoms with van der Waals surface area (Å²) in [5, 5.41) is 6.76. The van der Waals surface area contributed by atoms with E-state index in [9.17, 15) is 18.0 Å². The Morgan fingerprint density at radius 2 is 1.40 bits per heavy atom. The molecule has 0 radical (unpaired) electrons. The van der Waals surface area contributed by atoms with E-state index in [-0.39, 0.29) is 17.4 Å². The van der Waals surface area contributed by atoms with Crippen molar-refractivity contribution in [1.82, 2.24) is 10.7 Å². The van der Waals surface area contributed by atoms with E-state index in [2.05, 4.69) is 15.8 Å². The smallest absolute Gasteiger partial charge is 0.264 e. The molecule has 2 amide bonds. The van der Waals surface area contributed by atoms with E-state index in [4.69, 9.17) is 9.47 Å². The number of benzene rings is 4. The molecule has 0 unspecified atom stereocenters. The molecule has 0 aliphatic rings. The quantitative estimate of drug-likeness (QED) is 0.166. The molecule has 0 saturated heterocycles. The Morgan fingerprint density at radius 1 is 0.791 bits per heavy atom. The zero-order chi connectivity index (χ0) is 30.5. The lowest BCUT2D eigenvalue weighted by Gasteiger charge is -2.23. The van der Waals surface area contributed by atoms with Crippen LogP contribution in [-0.4, -0.2) is 46.2 Å². The van der Waals surface area contributed by atoms with Crippen LogP contribution in [0.25, 0.3) is 0 Å². The molecular weight excluding hydrogens is 568 g/mol. The largest absolute Gasteiger partial charge is 0.494 e. The van der Waals surface area contributed by atoms with Crippen molar-refractivity contribution in [2.24, 2.45) is 5.10 Å². The lowest BCUT2D eigenvalue weighted by molar-refractivity contribution is -0.123. The summed E-state index contributed by atoms with van der Waals surface area (Å²) in [6, 6.07) is 30.7. The molecule has 0 heterocycles. The SMILES string of the molecule is CCOc1ccc(S(=O)(=O)N(CC(=O)N/N=C\c2ccc(OCC(=O)NCc3ccccc3)cc2)c2ccccc2)cc1. The van der Waals surface area contributed by atoms with Gasteiger partial charge in [0, 0.05) is 6.54 Å². The number of sulfonamides is 1. The fraction of sp³-hybridized carbons (Fsp3) is 0.156. The topological polar surface area (TPSA) is 126 Å². The molecule has 0 fully saturated rings. The van der Waals surface area contributed by atoms with Gasteiger partial charge in [-0.15, -0.1) is 0 Å². The van der Waals surface area contributed by atoms with E-state index in [0.717, 1.165) is 9.87 Å². The van der Waals surface area contributed by atoms with E-state index in [1.165, 1.54) is 18.3 Å². The lowest BCUT2D eigenvalue weighted by atomic mass is 10.2. The summed E-state index contributed by atoms with van der Waals surface area (Å²) in [5.41, 5.74) is 4.37. The van der Waals surface area contributed by atoms with Crippen molar-refractivity contribution in [2.45, 2.75) is 18.4 Å². The third-order valence-electron chi connectivity index (χ3n) is 6.04. The van der Waals surface area contributed by atoms with Gasteiger partial charge in [-0.05, 0) is 78.7 Å². The van der Waals surface area contributed by atoms with Gasteiger partial charge in [0.05, 0.1) is 23.4 Å². The van der Waals surface area contributed by atoms with Crippen molar-refractivity contribution < 1.29 is 27.5 Å². The third kappa shape index (κ3) is 9.17. The van der Waals surface area contributed by atoms with Gasteiger partial charge in [-0.3, -0.25) is 13.9 Å². The van der Waals surface area contributed by atoms with Crippen molar-refractivity contribution >= 4 is 33.7 Å². The molecule has 10 nitrogen and oxygen atoms in total. The zero-order valence-corrected chi connectivity index (χ0v) is 24.4. The molecule has 4 aromatic carbocycles. The standard InChI is InChI=1S/C32H32N4O6S/c1-2-41-28-17-19-30(20-18-28)43(39,40)36(27-11-7-4-8-12-27)23-31(37)35-34-22-26-13-15-29(16-14-26)42-24-32(38)33-21-25-9-5-3-6-10-25/h3-20,22H,2,21,23-24H2,1H3,(H,33,38)(H,35,37)/b34-22-. The van der Waals surface area contributed by atoms with Gasteiger partial charge >= 0.3 is 0 Å². The van der Waals surface area contributed by atoms with Crippen LogP contribution in [-0.2, 0) is 26.2 Å². The minimum absolute atomic E-state index is 0.0205. The van der Waals surface area contributed by atoms with Gasteiger partial charge in [0.25, 0.3) is 21.8 Å². The first kappa shape index (κ1) is 30.8. The number of anilines is 1. The van der Waals surface area contributed by atoms with Crippen LogP contribution in [0.2, 0.25) is 0 Å². The van der Waals surface area contributed by atoms with Gasteiger partial charge < -0.3 is 14.8 Å². The highest BCUT2D eigenvalue weighted by atomic mass is 32.2. The van der Waals surface area contributed by atoms with Gasteiger partial charge in [-0.1, -0.05) is 48.5 Å². The van der Waals surface area contributed by atoms with Crippen LogP contribution >= 0.6 is 0 Å². The van der Waals surface area contributed by atoms with Crippen molar-refractivity contribution in [3.63, 3.8) is 0 Å². The number of rotatable bonds is 14. The first-order valence-electron chi connectivity index (χ1n) is 13.5. The Hall–Kier alpha value is -5.16. The molecule has 0 spiro atoms. The fourth-order valence-corrected chi connectivity index (χ4v) is 5.32. The second kappa shape index (κ2) is 15.2. The van der Waals surface area contributed by atoms with E-state index < -0.39 is 22.5 Å². The summed E-state index contributed by atoms with van der Waals surface area (Å²) in [5.74, 6) is 0.167. The Labute approximate surface area is 251 Å². The number of hydrogen-bond donors (Lipinski definition) is 2. The summed E-state index contributed by atoms with van der Waals surface area (Å²) >= 11 is 0. The number of hydrogen-bond acceptors (Lipinski definition) is 7. The molecule has 0 aliphatic heterocycles. The summed E-state index contributed by atoms with van der Waals surface area (Å²) in [6.07, 6.45) is 1.42. The lowest BCUT2D eigenvalue weighted by Crippen LogP contribution is -2.39. The molecule has 0 saturated carbocycles. The Kier molecular flexibility index (Phi) is 10.9. The number of ether oxygens (including phenoxy) is 2. The van der Waals surface area contributed by atoms with Crippen LogP contribution in [0.4, 0.5) is 5.69 Å². The molecule has 222 valence electrons. The summed E-state index contributed by atoms with van der Waals surface area (Å²) in [7, 11) is -4.07. The zero-order valence-electron chi connectivity index (χ0n) is 23.6. The number of nitrogens with one attached hydrogen (secondary N) is 2. The maximum atomic E-state index is 13.5. The highest BCUT2D eigenvalue weighted by Crippen LogP contribution is 2.25. The molecule has 43 heavy (non-hydrogen) atoms. The summed E-state index contributed by atoms with van der Waals surface area (Å²) < 4.78 is 38.9. The first-order valence-corrected chi connectivity index (χ1v) is 14.9. The molecular formula is C32H32N4O6S. The van der Waals surface area contributed by atoms with Crippen molar-refractivity contribution in [1.29, 1.82) is 0 Å². The second-order valence-electron chi connectivity index (χ2n) is 9.16. The number of amides is 2. The van der Waals surface area contributed by atoms with Crippen LogP contribution in [0.1, 0.15) is 18.1 Å². The fourth-order valence-electron chi connectivity index (χ4n) is 3.90. The van der Waals surface area contributed by atoms with Crippen molar-refractivity contribution in [3.05, 3.63) is 120 Å². The van der Waals surface area contributed by atoms with Gasteiger partial charge in [-0.25, -0.2) is 13.8 Å². The predicted octanol–water partition coefficient (Wildman–Crippen LogP) is 4.13. The average Bonchev–Trinajstić information content (AvgIpc) is 3.03. The number of carbonyl (C=O) groups excluding carboxylic acids is 2. The Balaban J connectivity index is 1.31. The van der Waals surface area contributed by atoms with Crippen LogP contribution in [0.15, 0.2) is 119 Å². The van der Waals surface area contributed by atoms with Gasteiger partial charge in [0.15, 0.2) is 6.61 Å². The van der Waals surface area contributed by atoms with Gasteiger partial charge in [-0.2, -0.15) is 5.10 Å². The highest BCUT2D eigenvalue weighted by molar-refractivity contribution is 7.92. The van der Waals surface area contributed by atoms with E-state index in [1.54, 1.807) is 66.7 Å². The molecule has 0 aromatic heterocycles. The van der Waals surface area contributed by atoms with Crippen LogP contribution in [0.5, 0.6) is 11.5 Å². The number of nitrogens with zero attached hydrogens (tertiary/aromatic N) is 2. The highest BCUT2D eigenvalue weighted by Gasteiger charge is 2.27. The monoisotopic (exact) mass is 600 g/mol. The molecule has 0 atom stereocenters. The minimum atomic E-state index is -4.07. The Bertz CT molecular complexity index is 1610.